The summed E-state index contributed by atoms with van der Waals surface area (Å²) in [4.78, 5) is 4.17. The number of nitrogens with zero attached hydrogens (tertiary/aromatic N) is 2. The van der Waals surface area contributed by atoms with Crippen LogP contribution in [0.25, 0.3) is 12.2 Å². The highest BCUT2D eigenvalue weighted by atomic mass is 16.5. The van der Waals surface area contributed by atoms with E-state index < -0.39 is 0 Å². The fraction of sp³-hybridized carbons (Fsp3) is 0.333. The zero-order valence-electron chi connectivity index (χ0n) is 13.9. The lowest BCUT2D eigenvalue weighted by Crippen LogP contribution is -2.05. The number of benzene rings is 1. The number of anilines is 1. The van der Waals surface area contributed by atoms with Gasteiger partial charge < -0.3 is 19.2 Å². The second-order valence-corrected chi connectivity index (χ2v) is 4.89. The van der Waals surface area contributed by atoms with Gasteiger partial charge in [0.05, 0.1) is 7.11 Å². The third-order valence-corrected chi connectivity index (χ3v) is 3.25. The van der Waals surface area contributed by atoms with Crippen LogP contribution in [0.4, 0.5) is 5.88 Å². The topological polar surface area (TPSA) is 80.3 Å². The Labute approximate surface area is 141 Å². The molecule has 0 atom stereocenters. The van der Waals surface area contributed by atoms with Gasteiger partial charge in [0.1, 0.15) is 11.8 Å². The summed E-state index contributed by atoms with van der Waals surface area (Å²) in [5.74, 6) is 1.51. The Balaban J connectivity index is 2.03. The van der Waals surface area contributed by atoms with E-state index in [9.17, 15) is 0 Å². The first kappa shape index (κ1) is 17.6. The van der Waals surface area contributed by atoms with Crippen molar-refractivity contribution >= 4 is 18.0 Å². The van der Waals surface area contributed by atoms with E-state index in [-0.39, 0.29) is 5.69 Å². The Morgan fingerprint density at radius 3 is 2.92 bits per heavy atom. The number of rotatable bonds is 9. The van der Waals surface area contributed by atoms with Crippen molar-refractivity contribution in [2.24, 2.45) is 0 Å². The molecule has 126 valence electrons. The largest absolute Gasteiger partial charge is 0.496 e. The van der Waals surface area contributed by atoms with Crippen LogP contribution < -0.4 is 10.1 Å². The van der Waals surface area contributed by atoms with Crippen molar-refractivity contribution in [1.82, 2.24) is 4.98 Å². The minimum atomic E-state index is 0.242. The molecule has 0 amide bonds. The zero-order chi connectivity index (χ0) is 17.2. The van der Waals surface area contributed by atoms with Gasteiger partial charge in [0, 0.05) is 31.4 Å². The van der Waals surface area contributed by atoms with Gasteiger partial charge in [-0.15, -0.1) is 0 Å². The van der Waals surface area contributed by atoms with Gasteiger partial charge in [0.2, 0.25) is 17.5 Å². The molecule has 0 saturated heterocycles. The molecule has 1 aromatic heterocycles. The van der Waals surface area contributed by atoms with E-state index in [4.69, 9.17) is 19.2 Å². The number of oxazole rings is 1. The number of hydrogen-bond acceptors (Lipinski definition) is 6. The van der Waals surface area contributed by atoms with Crippen molar-refractivity contribution in [2.75, 3.05) is 32.2 Å². The third kappa shape index (κ3) is 4.86. The molecule has 0 radical (unpaired) electrons. The van der Waals surface area contributed by atoms with Gasteiger partial charge >= 0.3 is 0 Å². The monoisotopic (exact) mass is 327 g/mol. The van der Waals surface area contributed by atoms with Crippen molar-refractivity contribution in [1.29, 1.82) is 5.26 Å². The summed E-state index contributed by atoms with van der Waals surface area (Å²) in [5, 5.41) is 12.2. The van der Waals surface area contributed by atoms with Crippen LogP contribution in [0.3, 0.4) is 0 Å². The van der Waals surface area contributed by atoms with Gasteiger partial charge in [-0.2, -0.15) is 10.2 Å². The van der Waals surface area contributed by atoms with E-state index in [1.807, 2.05) is 43.3 Å². The van der Waals surface area contributed by atoms with E-state index in [0.29, 0.717) is 31.5 Å². The van der Waals surface area contributed by atoms with Crippen LogP contribution >= 0.6 is 0 Å². The molecular weight excluding hydrogens is 306 g/mol. The van der Waals surface area contributed by atoms with Crippen LogP contribution in [0.5, 0.6) is 5.75 Å². The summed E-state index contributed by atoms with van der Waals surface area (Å²) in [7, 11) is 1.62. The number of para-hydroxylation sites is 1. The number of aromatic nitrogens is 1. The van der Waals surface area contributed by atoms with Gasteiger partial charge in [0.15, 0.2) is 0 Å². The van der Waals surface area contributed by atoms with Crippen molar-refractivity contribution < 1.29 is 13.9 Å². The molecule has 6 heteroatoms. The summed E-state index contributed by atoms with van der Waals surface area (Å²) in [5.41, 5.74) is 1.15. The standard InChI is InChI=1S/C18H21N3O3/c1-3-23-12-6-11-20-18-15(13-19)21-17(24-18)10-9-14-7-4-5-8-16(14)22-2/h4-5,7-10,20H,3,6,11-12H2,1-2H3. The minimum Gasteiger partial charge on any atom is -0.496 e. The summed E-state index contributed by atoms with van der Waals surface area (Å²) >= 11 is 0. The molecule has 0 fully saturated rings. The molecule has 0 spiro atoms. The molecule has 24 heavy (non-hydrogen) atoms. The molecule has 2 aromatic rings. The second-order valence-electron chi connectivity index (χ2n) is 4.89. The van der Waals surface area contributed by atoms with E-state index >= 15 is 0 Å². The maximum Gasteiger partial charge on any atom is 0.232 e. The molecule has 6 nitrogen and oxygen atoms in total. The summed E-state index contributed by atoms with van der Waals surface area (Å²) in [6.45, 7) is 3.97. The molecule has 0 aliphatic carbocycles. The van der Waals surface area contributed by atoms with Crippen LogP contribution in [-0.4, -0.2) is 31.9 Å². The fourth-order valence-electron chi connectivity index (χ4n) is 2.09. The first-order valence-corrected chi connectivity index (χ1v) is 7.82. The Hall–Kier alpha value is -2.78. The molecular formula is C18H21N3O3. The van der Waals surface area contributed by atoms with Crippen molar-refractivity contribution in [3.63, 3.8) is 0 Å². The first-order valence-electron chi connectivity index (χ1n) is 7.82. The predicted octanol–water partition coefficient (Wildman–Crippen LogP) is 3.56. The van der Waals surface area contributed by atoms with E-state index in [0.717, 1.165) is 17.7 Å². The second kappa shape index (κ2) is 9.38. The predicted molar refractivity (Wildman–Crippen MR) is 92.7 cm³/mol. The highest BCUT2D eigenvalue weighted by molar-refractivity contribution is 5.70. The average molecular weight is 327 g/mol. The number of nitrogens with one attached hydrogen (secondary N) is 1. The maximum atomic E-state index is 9.16. The highest BCUT2D eigenvalue weighted by Crippen LogP contribution is 2.22. The Kier molecular flexibility index (Phi) is 6.87. The van der Waals surface area contributed by atoms with E-state index in [2.05, 4.69) is 10.3 Å². The van der Waals surface area contributed by atoms with Gasteiger partial charge in [-0.05, 0) is 25.5 Å². The van der Waals surface area contributed by atoms with Gasteiger partial charge in [-0.25, -0.2) is 0 Å². The van der Waals surface area contributed by atoms with Gasteiger partial charge in [-0.1, -0.05) is 18.2 Å². The quantitative estimate of drug-likeness (QED) is 0.709. The van der Waals surface area contributed by atoms with Crippen LogP contribution in [0.2, 0.25) is 0 Å². The smallest absolute Gasteiger partial charge is 0.232 e. The molecule has 1 aromatic carbocycles. The average Bonchev–Trinajstić information content (AvgIpc) is 3.02. The lowest BCUT2D eigenvalue weighted by atomic mass is 10.2. The maximum absolute atomic E-state index is 9.16. The number of nitriles is 1. The number of methoxy groups -OCH3 is 1. The molecule has 0 aliphatic rings. The molecule has 2 rings (SSSR count). The third-order valence-electron chi connectivity index (χ3n) is 3.25. The fourth-order valence-corrected chi connectivity index (χ4v) is 2.09. The van der Waals surface area contributed by atoms with E-state index in [1.54, 1.807) is 13.2 Å². The molecule has 0 unspecified atom stereocenters. The van der Waals surface area contributed by atoms with Crippen molar-refractivity contribution in [2.45, 2.75) is 13.3 Å². The van der Waals surface area contributed by atoms with Gasteiger partial charge in [0.25, 0.3) is 0 Å². The Bertz CT molecular complexity index is 717. The minimum absolute atomic E-state index is 0.242. The summed E-state index contributed by atoms with van der Waals surface area (Å²) < 4.78 is 16.2. The molecule has 0 aliphatic heterocycles. The molecule has 0 saturated carbocycles. The van der Waals surface area contributed by atoms with Gasteiger partial charge in [-0.3, -0.25) is 0 Å². The number of hydrogen-bond donors (Lipinski definition) is 1. The van der Waals surface area contributed by atoms with E-state index in [1.165, 1.54) is 0 Å². The lowest BCUT2D eigenvalue weighted by Gasteiger charge is -2.03. The SMILES string of the molecule is CCOCCCNc1oc(C=Cc2ccccc2OC)nc1C#N. The summed E-state index contributed by atoms with van der Waals surface area (Å²) in [6.07, 6.45) is 4.38. The molecule has 1 N–H and O–H groups in total. The normalized spacial score (nSPS) is 10.7. The highest BCUT2D eigenvalue weighted by Gasteiger charge is 2.10. The van der Waals surface area contributed by atoms with Crippen LogP contribution in [-0.2, 0) is 4.74 Å². The zero-order valence-corrected chi connectivity index (χ0v) is 13.9. The van der Waals surface area contributed by atoms with Crippen LogP contribution in [0, 0.1) is 11.3 Å². The first-order chi connectivity index (χ1) is 11.8. The van der Waals surface area contributed by atoms with Crippen molar-refractivity contribution in [3.8, 4) is 11.8 Å². The molecule has 0 bridgehead atoms. The van der Waals surface area contributed by atoms with Crippen LogP contribution in [0.15, 0.2) is 28.7 Å². The van der Waals surface area contributed by atoms with Crippen LogP contribution in [0.1, 0.15) is 30.5 Å². The Morgan fingerprint density at radius 2 is 2.17 bits per heavy atom. The van der Waals surface area contributed by atoms with Crippen molar-refractivity contribution in [3.05, 3.63) is 41.4 Å². The lowest BCUT2D eigenvalue weighted by molar-refractivity contribution is 0.147. The molecule has 1 heterocycles. The Morgan fingerprint density at radius 1 is 1.33 bits per heavy atom. The number of ether oxygens (including phenoxy) is 2. The summed E-state index contributed by atoms with van der Waals surface area (Å²) in [6, 6.07) is 9.66.